The van der Waals surface area contributed by atoms with Crippen LogP contribution in [0.4, 0.5) is 0 Å². The van der Waals surface area contributed by atoms with Crippen LogP contribution in [-0.2, 0) is 6.54 Å². The van der Waals surface area contributed by atoms with Gasteiger partial charge in [-0.25, -0.2) is 0 Å². The van der Waals surface area contributed by atoms with Crippen LogP contribution in [0.5, 0.6) is 0 Å². The molecule has 1 aromatic heterocycles. The Morgan fingerprint density at radius 2 is 2.06 bits per heavy atom. The zero-order valence-electron chi connectivity index (χ0n) is 10.7. The minimum atomic E-state index is -0.435. The van der Waals surface area contributed by atoms with E-state index in [1.54, 1.807) is 16.8 Å². The van der Waals surface area contributed by atoms with Crippen LogP contribution in [-0.4, -0.2) is 10.4 Å². The van der Waals surface area contributed by atoms with Gasteiger partial charge in [0.2, 0.25) is 0 Å². The van der Waals surface area contributed by atoms with E-state index in [0.29, 0.717) is 11.5 Å². The molecule has 0 atom stereocenters. The third-order valence-electron chi connectivity index (χ3n) is 3.09. The zero-order valence-corrected chi connectivity index (χ0v) is 10.7. The Hall–Kier alpha value is -1.38. The number of rotatable bonds is 3. The Kier molecular flexibility index (Phi) is 2.94. The van der Waals surface area contributed by atoms with Crippen LogP contribution in [0.1, 0.15) is 44.0 Å². The van der Waals surface area contributed by atoms with Crippen molar-refractivity contribution in [2.45, 2.75) is 40.2 Å². The van der Waals surface area contributed by atoms with Gasteiger partial charge in [-0.15, -0.1) is 0 Å². The van der Waals surface area contributed by atoms with E-state index in [9.17, 15) is 9.59 Å². The first-order chi connectivity index (χ1) is 7.88. The molecule has 1 heterocycles. The SMILES string of the molecule is CC(C)(C)C(=O)c1ccn(CC2CC2)c(=O)c1. The van der Waals surface area contributed by atoms with E-state index < -0.39 is 5.41 Å². The Labute approximate surface area is 101 Å². The maximum atomic E-state index is 12.0. The fourth-order valence-electron chi connectivity index (χ4n) is 1.81. The molecule has 1 aliphatic rings. The fourth-order valence-corrected chi connectivity index (χ4v) is 1.81. The molecule has 3 nitrogen and oxygen atoms in total. The van der Waals surface area contributed by atoms with Crippen LogP contribution in [0.25, 0.3) is 0 Å². The van der Waals surface area contributed by atoms with Gasteiger partial charge >= 0.3 is 0 Å². The lowest BCUT2D eigenvalue weighted by atomic mass is 9.87. The normalized spacial score (nSPS) is 15.9. The quantitative estimate of drug-likeness (QED) is 0.752. The lowest BCUT2D eigenvalue weighted by Gasteiger charge is -2.16. The fraction of sp³-hybridized carbons (Fsp3) is 0.571. The zero-order chi connectivity index (χ0) is 12.6. The number of carbonyl (C=O) groups excluding carboxylic acids is 1. The molecule has 1 aromatic rings. The van der Waals surface area contributed by atoms with E-state index in [4.69, 9.17) is 0 Å². The van der Waals surface area contributed by atoms with Gasteiger partial charge in [-0.05, 0) is 24.8 Å². The molecule has 1 saturated carbocycles. The minimum Gasteiger partial charge on any atom is -0.315 e. The molecule has 2 rings (SSSR count). The Morgan fingerprint density at radius 1 is 1.41 bits per heavy atom. The van der Waals surface area contributed by atoms with Crippen LogP contribution in [0.2, 0.25) is 0 Å². The molecule has 17 heavy (non-hydrogen) atoms. The summed E-state index contributed by atoms with van der Waals surface area (Å²) in [4.78, 5) is 23.9. The number of aromatic nitrogens is 1. The molecule has 1 aliphatic carbocycles. The third kappa shape index (κ3) is 2.84. The predicted molar refractivity (Wildman–Crippen MR) is 67.2 cm³/mol. The van der Waals surface area contributed by atoms with Crippen LogP contribution >= 0.6 is 0 Å². The summed E-state index contributed by atoms with van der Waals surface area (Å²) in [5, 5.41) is 0. The van der Waals surface area contributed by atoms with Crippen molar-refractivity contribution in [2.24, 2.45) is 11.3 Å². The van der Waals surface area contributed by atoms with Gasteiger partial charge < -0.3 is 4.57 Å². The maximum absolute atomic E-state index is 12.0. The third-order valence-corrected chi connectivity index (χ3v) is 3.09. The van der Waals surface area contributed by atoms with Gasteiger partial charge in [-0.2, -0.15) is 0 Å². The topological polar surface area (TPSA) is 39.1 Å². The van der Waals surface area contributed by atoms with Gasteiger partial charge in [0.15, 0.2) is 5.78 Å². The summed E-state index contributed by atoms with van der Waals surface area (Å²) in [7, 11) is 0. The van der Waals surface area contributed by atoms with Gasteiger partial charge in [-0.3, -0.25) is 9.59 Å². The summed E-state index contributed by atoms with van der Waals surface area (Å²) in [6, 6.07) is 3.23. The van der Waals surface area contributed by atoms with Crippen LogP contribution in [0, 0.1) is 11.3 Å². The highest BCUT2D eigenvalue weighted by atomic mass is 16.1. The summed E-state index contributed by atoms with van der Waals surface area (Å²) in [5.41, 5.74) is 0.0244. The van der Waals surface area contributed by atoms with Gasteiger partial charge in [0.1, 0.15) is 0 Å². The average Bonchev–Trinajstić information content (AvgIpc) is 3.02. The number of carbonyl (C=O) groups is 1. The Balaban J connectivity index is 2.24. The van der Waals surface area contributed by atoms with Crippen LogP contribution in [0.3, 0.4) is 0 Å². The highest BCUT2D eigenvalue weighted by molar-refractivity contribution is 5.99. The molecule has 0 amide bonds. The van der Waals surface area contributed by atoms with Gasteiger partial charge in [-0.1, -0.05) is 20.8 Å². The summed E-state index contributed by atoms with van der Waals surface area (Å²) < 4.78 is 1.71. The maximum Gasteiger partial charge on any atom is 0.251 e. The number of nitrogens with zero attached hydrogens (tertiary/aromatic N) is 1. The lowest BCUT2D eigenvalue weighted by molar-refractivity contribution is 0.0858. The van der Waals surface area contributed by atoms with Crippen molar-refractivity contribution in [2.75, 3.05) is 0 Å². The van der Waals surface area contributed by atoms with Crippen molar-refractivity contribution < 1.29 is 4.79 Å². The first-order valence-electron chi connectivity index (χ1n) is 6.13. The molecule has 1 fully saturated rings. The van der Waals surface area contributed by atoms with E-state index in [1.807, 2.05) is 20.8 Å². The van der Waals surface area contributed by atoms with Gasteiger partial charge in [0.25, 0.3) is 5.56 Å². The Morgan fingerprint density at radius 3 is 2.53 bits per heavy atom. The molecule has 0 aliphatic heterocycles. The molecule has 0 N–H and O–H groups in total. The lowest BCUT2D eigenvalue weighted by Crippen LogP contribution is -2.25. The van der Waals surface area contributed by atoms with Crippen molar-refractivity contribution in [1.29, 1.82) is 0 Å². The highest BCUT2D eigenvalue weighted by Gasteiger charge is 2.24. The van der Waals surface area contributed by atoms with Crippen molar-refractivity contribution in [3.05, 3.63) is 34.2 Å². The molecular formula is C14H19NO2. The molecular weight excluding hydrogens is 214 g/mol. The summed E-state index contributed by atoms with van der Waals surface area (Å²) >= 11 is 0. The molecule has 0 radical (unpaired) electrons. The second kappa shape index (κ2) is 4.13. The van der Waals surface area contributed by atoms with Crippen LogP contribution < -0.4 is 5.56 Å². The van der Waals surface area contributed by atoms with Crippen molar-refractivity contribution in [3.8, 4) is 0 Å². The van der Waals surface area contributed by atoms with Crippen molar-refractivity contribution >= 4 is 5.78 Å². The predicted octanol–water partition coefficient (Wildman–Crippen LogP) is 2.49. The molecule has 92 valence electrons. The van der Waals surface area contributed by atoms with Gasteiger partial charge in [0.05, 0.1) is 0 Å². The second-order valence-corrected chi connectivity index (χ2v) is 5.93. The molecule has 0 saturated heterocycles. The number of ketones is 1. The van der Waals surface area contributed by atoms with E-state index in [0.717, 1.165) is 6.54 Å². The van der Waals surface area contributed by atoms with E-state index >= 15 is 0 Å². The monoisotopic (exact) mass is 233 g/mol. The standard InChI is InChI=1S/C14H19NO2/c1-14(2,3)13(17)11-6-7-15(12(16)8-11)9-10-4-5-10/h6-8,10H,4-5,9H2,1-3H3. The first-order valence-corrected chi connectivity index (χ1v) is 6.13. The van der Waals surface area contributed by atoms with E-state index in [1.165, 1.54) is 18.9 Å². The van der Waals surface area contributed by atoms with Crippen molar-refractivity contribution in [3.63, 3.8) is 0 Å². The molecule has 0 spiro atoms. The second-order valence-electron chi connectivity index (χ2n) is 5.93. The van der Waals surface area contributed by atoms with Crippen LogP contribution in [0.15, 0.2) is 23.1 Å². The molecule has 0 unspecified atom stereocenters. The number of hydrogen-bond acceptors (Lipinski definition) is 2. The Bertz CT molecular complexity index is 490. The molecule has 0 bridgehead atoms. The number of Topliss-reactive ketones (excluding diaryl/α,β-unsaturated/α-hetero) is 1. The summed E-state index contributed by atoms with van der Waals surface area (Å²) in [6.45, 7) is 6.39. The molecule has 0 aromatic carbocycles. The van der Waals surface area contributed by atoms with Gasteiger partial charge in [0, 0.05) is 29.8 Å². The highest BCUT2D eigenvalue weighted by Crippen LogP contribution is 2.30. The van der Waals surface area contributed by atoms with E-state index in [-0.39, 0.29) is 11.3 Å². The van der Waals surface area contributed by atoms with E-state index in [2.05, 4.69) is 0 Å². The summed E-state index contributed by atoms with van der Waals surface area (Å²) in [6.07, 6.45) is 4.18. The number of pyridine rings is 1. The average molecular weight is 233 g/mol. The summed E-state index contributed by atoms with van der Waals surface area (Å²) in [5.74, 6) is 0.685. The molecule has 3 heteroatoms. The minimum absolute atomic E-state index is 0.0215. The largest absolute Gasteiger partial charge is 0.315 e. The van der Waals surface area contributed by atoms with Crippen molar-refractivity contribution in [1.82, 2.24) is 4.57 Å². The number of hydrogen-bond donors (Lipinski definition) is 0. The first kappa shape index (κ1) is 12.1. The smallest absolute Gasteiger partial charge is 0.251 e.